The predicted molar refractivity (Wildman–Crippen MR) is 75.4 cm³/mol. The van der Waals surface area contributed by atoms with Gasteiger partial charge < -0.3 is 9.84 Å². The number of hydrogen-bond donors (Lipinski definition) is 1. The van der Waals surface area contributed by atoms with Gasteiger partial charge in [-0.2, -0.15) is 0 Å². The number of hydrogen-bond acceptors (Lipinski definition) is 4. The van der Waals surface area contributed by atoms with Crippen molar-refractivity contribution in [3.63, 3.8) is 0 Å². The van der Waals surface area contributed by atoms with E-state index in [0.29, 0.717) is 12.5 Å². The molecule has 0 aromatic carbocycles. The number of carbonyl (C=O) groups is 1. The maximum absolute atomic E-state index is 10.9. The largest absolute Gasteiger partial charge is 0.479 e. The number of thiophene rings is 1. The monoisotopic (exact) mass is 283 g/mol. The van der Waals surface area contributed by atoms with Crippen molar-refractivity contribution in [1.29, 1.82) is 0 Å². The van der Waals surface area contributed by atoms with Crippen LogP contribution in [0.3, 0.4) is 0 Å². The average molecular weight is 283 g/mol. The van der Waals surface area contributed by atoms with Crippen molar-refractivity contribution < 1.29 is 14.6 Å². The predicted octanol–water partition coefficient (Wildman–Crippen LogP) is 2.59. The molecule has 5 heteroatoms. The first-order chi connectivity index (χ1) is 9.06. The van der Waals surface area contributed by atoms with Crippen molar-refractivity contribution >= 4 is 17.3 Å². The molecule has 0 saturated carbocycles. The lowest BCUT2D eigenvalue weighted by Gasteiger charge is -2.28. The highest BCUT2D eigenvalue weighted by atomic mass is 32.1. The summed E-state index contributed by atoms with van der Waals surface area (Å²) in [5.74, 6) is -0.836. The second-order valence-corrected chi connectivity index (χ2v) is 6.30. The molecular weight excluding hydrogens is 262 g/mol. The number of carboxylic acids is 1. The summed E-state index contributed by atoms with van der Waals surface area (Å²) < 4.78 is 5.58. The summed E-state index contributed by atoms with van der Waals surface area (Å²) in [5.41, 5.74) is 0. The molecule has 2 unspecified atom stereocenters. The zero-order valence-electron chi connectivity index (χ0n) is 11.4. The first-order valence-electron chi connectivity index (χ1n) is 6.71. The zero-order valence-corrected chi connectivity index (χ0v) is 12.2. The fourth-order valence-corrected chi connectivity index (χ4v) is 3.07. The van der Waals surface area contributed by atoms with E-state index in [1.807, 2.05) is 0 Å². The fourth-order valence-electron chi connectivity index (χ4n) is 2.34. The quantitative estimate of drug-likeness (QED) is 0.872. The maximum Gasteiger partial charge on any atom is 0.332 e. The van der Waals surface area contributed by atoms with Crippen LogP contribution in [0, 0.1) is 0 Å². The molecule has 1 saturated heterocycles. The third-order valence-electron chi connectivity index (χ3n) is 3.49. The van der Waals surface area contributed by atoms with Crippen LogP contribution >= 0.6 is 11.3 Å². The molecule has 2 atom stereocenters. The van der Waals surface area contributed by atoms with Crippen LogP contribution in [0.2, 0.25) is 0 Å². The first kappa shape index (κ1) is 14.5. The summed E-state index contributed by atoms with van der Waals surface area (Å²) in [4.78, 5) is 14.6. The third kappa shape index (κ3) is 4.03. The van der Waals surface area contributed by atoms with E-state index in [0.717, 1.165) is 19.5 Å². The normalized spacial score (nSPS) is 23.4. The summed E-state index contributed by atoms with van der Waals surface area (Å²) >= 11 is 1.76. The molecule has 0 radical (unpaired) electrons. The lowest BCUT2D eigenvalue weighted by atomic mass is 10.1. The lowest BCUT2D eigenvalue weighted by molar-refractivity contribution is -0.149. The van der Waals surface area contributed by atoms with E-state index < -0.39 is 12.1 Å². The molecule has 19 heavy (non-hydrogen) atoms. The summed E-state index contributed by atoms with van der Waals surface area (Å²) in [6.07, 6.45) is 0.902. The van der Waals surface area contributed by atoms with E-state index in [1.165, 1.54) is 4.88 Å². The SMILES string of the molecule is CC(C)N(Cc1cccs1)CC1CCC(C(=O)O)O1. The second-order valence-electron chi connectivity index (χ2n) is 5.26. The molecule has 1 aliphatic rings. The zero-order chi connectivity index (χ0) is 13.8. The van der Waals surface area contributed by atoms with Crippen LogP contribution < -0.4 is 0 Å². The molecule has 0 amide bonds. The van der Waals surface area contributed by atoms with Crippen LogP contribution in [0.15, 0.2) is 17.5 Å². The Balaban J connectivity index is 1.89. The summed E-state index contributed by atoms with van der Waals surface area (Å²) in [5, 5.41) is 11.0. The van der Waals surface area contributed by atoms with E-state index in [-0.39, 0.29) is 6.10 Å². The van der Waals surface area contributed by atoms with E-state index in [1.54, 1.807) is 11.3 Å². The Morgan fingerprint density at radius 2 is 2.37 bits per heavy atom. The smallest absolute Gasteiger partial charge is 0.332 e. The van der Waals surface area contributed by atoms with Crippen molar-refractivity contribution in [2.24, 2.45) is 0 Å². The van der Waals surface area contributed by atoms with Crippen LogP contribution in [0.4, 0.5) is 0 Å². The Bertz CT molecular complexity index is 405. The number of ether oxygens (including phenoxy) is 1. The second kappa shape index (κ2) is 6.50. The van der Waals surface area contributed by atoms with Gasteiger partial charge in [-0.3, -0.25) is 4.90 Å². The van der Waals surface area contributed by atoms with Crippen molar-refractivity contribution in [3.05, 3.63) is 22.4 Å². The van der Waals surface area contributed by atoms with Gasteiger partial charge >= 0.3 is 5.97 Å². The molecule has 0 spiro atoms. The highest BCUT2D eigenvalue weighted by Gasteiger charge is 2.31. The molecule has 1 aromatic rings. The number of aliphatic carboxylic acids is 1. The van der Waals surface area contributed by atoms with Crippen LogP contribution in [0.25, 0.3) is 0 Å². The van der Waals surface area contributed by atoms with E-state index >= 15 is 0 Å². The number of rotatable bonds is 6. The van der Waals surface area contributed by atoms with Gasteiger partial charge in [0, 0.05) is 24.0 Å². The number of carboxylic acid groups (broad SMARTS) is 1. The minimum absolute atomic E-state index is 0.0449. The number of nitrogens with zero attached hydrogens (tertiary/aromatic N) is 1. The Morgan fingerprint density at radius 1 is 1.58 bits per heavy atom. The third-order valence-corrected chi connectivity index (χ3v) is 4.35. The van der Waals surface area contributed by atoms with Gasteiger partial charge in [-0.05, 0) is 38.1 Å². The minimum atomic E-state index is -0.836. The highest BCUT2D eigenvalue weighted by molar-refractivity contribution is 7.09. The molecule has 2 rings (SSSR count). The van der Waals surface area contributed by atoms with Crippen LogP contribution in [-0.4, -0.2) is 40.8 Å². The van der Waals surface area contributed by atoms with Gasteiger partial charge in [0.25, 0.3) is 0 Å². The molecule has 1 fully saturated rings. The Hall–Kier alpha value is -0.910. The summed E-state index contributed by atoms with van der Waals surface area (Å²) in [7, 11) is 0. The van der Waals surface area contributed by atoms with Crippen molar-refractivity contribution in [1.82, 2.24) is 4.90 Å². The van der Waals surface area contributed by atoms with Crippen LogP contribution in [0.1, 0.15) is 31.6 Å². The highest BCUT2D eigenvalue weighted by Crippen LogP contribution is 2.23. The lowest BCUT2D eigenvalue weighted by Crippen LogP contribution is -2.37. The van der Waals surface area contributed by atoms with Gasteiger partial charge in [0.15, 0.2) is 6.10 Å². The van der Waals surface area contributed by atoms with Gasteiger partial charge in [0.2, 0.25) is 0 Å². The Morgan fingerprint density at radius 3 is 2.89 bits per heavy atom. The van der Waals surface area contributed by atoms with E-state index in [2.05, 4.69) is 36.3 Å². The molecule has 1 aliphatic heterocycles. The Labute approximate surface area is 118 Å². The first-order valence-corrected chi connectivity index (χ1v) is 7.59. The van der Waals surface area contributed by atoms with Gasteiger partial charge in [0.05, 0.1) is 6.10 Å². The van der Waals surface area contributed by atoms with Gasteiger partial charge in [0.1, 0.15) is 0 Å². The van der Waals surface area contributed by atoms with Crippen molar-refractivity contribution in [2.45, 2.75) is 51.5 Å². The fraction of sp³-hybridized carbons (Fsp3) is 0.643. The molecule has 0 aliphatic carbocycles. The molecule has 4 nitrogen and oxygen atoms in total. The molecule has 0 bridgehead atoms. The standard InChI is InChI=1S/C14H21NO3S/c1-10(2)15(9-12-4-3-7-19-12)8-11-5-6-13(18-11)14(16)17/h3-4,7,10-11,13H,5-6,8-9H2,1-2H3,(H,16,17). The summed E-state index contributed by atoms with van der Waals surface area (Å²) in [6, 6.07) is 4.62. The molecule has 1 N–H and O–H groups in total. The average Bonchev–Trinajstić information content (AvgIpc) is 2.98. The molecule has 1 aromatic heterocycles. The topological polar surface area (TPSA) is 49.8 Å². The van der Waals surface area contributed by atoms with E-state index in [9.17, 15) is 4.79 Å². The molecule has 2 heterocycles. The Kier molecular flexibility index (Phi) is 4.96. The van der Waals surface area contributed by atoms with Gasteiger partial charge in [-0.1, -0.05) is 6.07 Å². The van der Waals surface area contributed by atoms with Gasteiger partial charge in [-0.15, -0.1) is 11.3 Å². The van der Waals surface area contributed by atoms with Gasteiger partial charge in [-0.25, -0.2) is 4.79 Å². The van der Waals surface area contributed by atoms with Crippen molar-refractivity contribution in [2.75, 3.05) is 6.54 Å². The maximum atomic E-state index is 10.9. The molecular formula is C14H21NO3S. The minimum Gasteiger partial charge on any atom is -0.479 e. The van der Waals surface area contributed by atoms with E-state index in [4.69, 9.17) is 9.84 Å². The van der Waals surface area contributed by atoms with Crippen LogP contribution in [0.5, 0.6) is 0 Å². The summed E-state index contributed by atoms with van der Waals surface area (Å²) in [6.45, 7) is 6.04. The van der Waals surface area contributed by atoms with Crippen molar-refractivity contribution in [3.8, 4) is 0 Å². The van der Waals surface area contributed by atoms with Crippen LogP contribution in [-0.2, 0) is 16.1 Å². The molecule has 106 valence electrons.